The first-order chi connectivity index (χ1) is 8.20. The molecule has 0 radical (unpaired) electrons. The largest absolute Gasteiger partial charge is 0.393 e. The van der Waals surface area contributed by atoms with Gasteiger partial charge in [0.2, 0.25) is 0 Å². The Bertz CT molecular complexity index is 215. The second-order valence-electron chi connectivity index (χ2n) is 4.64. The molecule has 2 nitrogen and oxygen atoms in total. The molecule has 0 heterocycles. The van der Waals surface area contributed by atoms with Gasteiger partial charge in [0.05, 0.1) is 6.10 Å². The minimum absolute atomic E-state index is 0.218. The van der Waals surface area contributed by atoms with Gasteiger partial charge in [-0.2, -0.15) is 0 Å². The molecule has 0 aliphatic carbocycles. The van der Waals surface area contributed by atoms with Crippen LogP contribution in [-0.4, -0.2) is 22.4 Å². The van der Waals surface area contributed by atoms with Crippen LogP contribution in [0, 0.1) is 11.8 Å². The Labute approximate surface area is 106 Å². The monoisotopic (exact) mass is 240 g/mol. The van der Waals surface area contributed by atoms with E-state index in [2.05, 4.69) is 18.8 Å². The van der Waals surface area contributed by atoms with Crippen molar-refractivity contribution in [2.45, 2.75) is 83.8 Å². The molecule has 0 bridgehead atoms. The summed E-state index contributed by atoms with van der Waals surface area (Å²) in [5.41, 5.74) is 0. The number of hydrogen-bond acceptors (Lipinski definition) is 2. The van der Waals surface area contributed by atoms with Gasteiger partial charge >= 0.3 is 0 Å². The zero-order valence-corrected chi connectivity index (χ0v) is 11.4. The second kappa shape index (κ2) is 12.0. The highest BCUT2D eigenvalue weighted by Crippen LogP contribution is 2.06. The van der Waals surface area contributed by atoms with Gasteiger partial charge in [0.15, 0.2) is 0 Å². The minimum atomic E-state index is -0.509. The molecule has 2 N–H and O–H groups in total. The Morgan fingerprint density at radius 1 is 0.941 bits per heavy atom. The van der Waals surface area contributed by atoms with Gasteiger partial charge in [-0.25, -0.2) is 0 Å². The van der Waals surface area contributed by atoms with Gasteiger partial charge in [0, 0.05) is 6.42 Å². The van der Waals surface area contributed by atoms with Crippen LogP contribution in [0.15, 0.2) is 0 Å². The number of rotatable bonds is 9. The SMILES string of the molecule is CCCCCCC#CC(O)CCCC(O)CC. The summed E-state index contributed by atoms with van der Waals surface area (Å²) >= 11 is 0. The highest BCUT2D eigenvalue weighted by molar-refractivity contribution is 5.04. The van der Waals surface area contributed by atoms with E-state index in [9.17, 15) is 10.2 Å². The maximum absolute atomic E-state index is 9.58. The number of hydrogen-bond donors (Lipinski definition) is 2. The van der Waals surface area contributed by atoms with Gasteiger partial charge in [-0.05, 0) is 32.1 Å². The summed E-state index contributed by atoms with van der Waals surface area (Å²) in [6.45, 7) is 4.16. The van der Waals surface area contributed by atoms with Crippen LogP contribution in [-0.2, 0) is 0 Å². The Balaban J connectivity index is 3.44. The zero-order chi connectivity index (χ0) is 12.9. The molecule has 0 amide bonds. The fourth-order valence-electron chi connectivity index (χ4n) is 1.65. The van der Waals surface area contributed by atoms with Crippen LogP contribution in [0.4, 0.5) is 0 Å². The van der Waals surface area contributed by atoms with Crippen LogP contribution in [0.3, 0.4) is 0 Å². The lowest BCUT2D eigenvalue weighted by Gasteiger charge is -2.07. The van der Waals surface area contributed by atoms with Crippen molar-refractivity contribution in [2.75, 3.05) is 0 Å². The minimum Gasteiger partial charge on any atom is -0.393 e. The van der Waals surface area contributed by atoms with Crippen LogP contribution in [0.25, 0.3) is 0 Å². The van der Waals surface area contributed by atoms with E-state index in [0.29, 0.717) is 6.42 Å². The third-order valence-electron chi connectivity index (χ3n) is 2.91. The van der Waals surface area contributed by atoms with Gasteiger partial charge in [0.25, 0.3) is 0 Å². The van der Waals surface area contributed by atoms with E-state index >= 15 is 0 Å². The van der Waals surface area contributed by atoms with Crippen LogP contribution < -0.4 is 0 Å². The Kier molecular flexibility index (Phi) is 11.6. The van der Waals surface area contributed by atoms with Gasteiger partial charge in [0.1, 0.15) is 6.10 Å². The van der Waals surface area contributed by atoms with Crippen molar-refractivity contribution in [3.05, 3.63) is 0 Å². The molecule has 0 saturated heterocycles. The third-order valence-corrected chi connectivity index (χ3v) is 2.91. The molecule has 2 heteroatoms. The Morgan fingerprint density at radius 3 is 2.35 bits per heavy atom. The van der Waals surface area contributed by atoms with Crippen molar-refractivity contribution in [1.82, 2.24) is 0 Å². The first-order valence-corrected chi connectivity index (χ1v) is 7.05. The standard InChI is InChI=1S/C15H28O2/c1-3-5-6-7-8-9-11-15(17)13-10-12-14(16)4-2/h14-17H,3-8,10,12-13H2,1-2H3. The molecule has 0 aliphatic heterocycles. The molecule has 0 saturated carbocycles. The predicted octanol–water partition coefficient (Wildman–Crippen LogP) is 3.26. The quantitative estimate of drug-likeness (QED) is 0.480. The predicted molar refractivity (Wildman–Crippen MR) is 72.7 cm³/mol. The van der Waals surface area contributed by atoms with E-state index in [0.717, 1.165) is 32.1 Å². The van der Waals surface area contributed by atoms with E-state index < -0.39 is 6.10 Å². The highest BCUT2D eigenvalue weighted by Gasteiger charge is 2.03. The second-order valence-corrected chi connectivity index (χ2v) is 4.64. The molecule has 0 spiro atoms. The third kappa shape index (κ3) is 11.7. The maximum atomic E-state index is 9.58. The van der Waals surface area contributed by atoms with E-state index in [1.807, 2.05) is 6.92 Å². The van der Waals surface area contributed by atoms with E-state index in [4.69, 9.17) is 0 Å². The number of aliphatic hydroxyl groups is 2. The maximum Gasteiger partial charge on any atom is 0.114 e. The Hall–Kier alpha value is -0.520. The van der Waals surface area contributed by atoms with Gasteiger partial charge in [-0.3, -0.25) is 0 Å². The average molecular weight is 240 g/mol. The summed E-state index contributed by atoms with van der Waals surface area (Å²) in [6, 6.07) is 0. The van der Waals surface area contributed by atoms with Crippen molar-refractivity contribution in [3.8, 4) is 11.8 Å². The molecule has 0 aromatic carbocycles. The Morgan fingerprint density at radius 2 is 1.71 bits per heavy atom. The lowest BCUT2D eigenvalue weighted by Crippen LogP contribution is -2.08. The van der Waals surface area contributed by atoms with Crippen LogP contribution in [0.2, 0.25) is 0 Å². The highest BCUT2D eigenvalue weighted by atomic mass is 16.3. The molecule has 2 atom stereocenters. The van der Waals surface area contributed by atoms with Crippen molar-refractivity contribution in [3.63, 3.8) is 0 Å². The molecule has 17 heavy (non-hydrogen) atoms. The summed E-state index contributed by atoms with van der Waals surface area (Å²) in [4.78, 5) is 0. The molecular weight excluding hydrogens is 212 g/mol. The number of unbranched alkanes of at least 4 members (excludes halogenated alkanes) is 4. The van der Waals surface area contributed by atoms with Crippen molar-refractivity contribution >= 4 is 0 Å². The molecule has 100 valence electrons. The first-order valence-electron chi connectivity index (χ1n) is 7.05. The first kappa shape index (κ1) is 16.5. The molecule has 0 aromatic rings. The van der Waals surface area contributed by atoms with Crippen LogP contribution in [0.5, 0.6) is 0 Å². The summed E-state index contributed by atoms with van der Waals surface area (Å²) in [5, 5.41) is 18.9. The van der Waals surface area contributed by atoms with Crippen molar-refractivity contribution in [1.29, 1.82) is 0 Å². The van der Waals surface area contributed by atoms with E-state index in [1.54, 1.807) is 0 Å². The van der Waals surface area contributed by atoms with Gasteiger partial charge in [-0.15, -0.1) is 5.92 Å². The fraction of sp³-hybridized carbons (Fsp3) is 0.867. The molecule has 0 fully saturated rings. The van der Waals surface area contributed by atoms with Crippen LogP contribution >= 0.6 is 0 Å². The van der Waals surface area contributed by atoms with Crippen molar-refractivity contribution < 1.29 is 10.2 Å². The smallest absolute Gasteiger partial charge is 0.114 e. The molecule has 0 aliphatic rings. The average Bonchev–Trinajstić information content (AvgIpc) is 2.33. The van der Waals surface area contributed by atoms with Crippen LogP contribution in [0.1, 0.15) is 71.6 Å². The molecular formula is C15H28O2. The normalized spacial score (nSPS) is 13.9. The topological polar surface area (TPSA) is 40.5 Å². The zero-order valence-electron chi connectivity index (χ0n) is 11.4. The lowest BCUT2D eigenvalue weighted by molar-refractivity contribution is 0.147. The number of aliphatic hydroxyl groups excluding tert-OH is 2. The van der Waals surface area contributed by atoms with Crippen molar-refractivity contribution in [2.24, 2.45) is 0 Å². The van der Waals surface area contributed by atoms with Gasteiger partial charge < -0.3 is 10.2 Å². The molecule has 2 unspecified atom stereocenters. The van der Waals surface area contributed by atoms with E-state index in [-0.39, 0.29) is 6.10 Å². The summed E-state index contributed by atoms with van der Waals surface area (Å²) in [7, 11) is 0. The fourth-order valence-corrected chi connectivity index (χ4v) is 1.65. The molecule has 0 aromatic heterocycles. The molecule has 0 rings (SSSR count). The summed E-state index contributed by atoms with van der Waals surface area (Å²) in [5.74, 6) is 5.91. The van der Waals surface area contributed by atoms with Gasteiger partial charge in [-0.1, -0.05) is 39.0 Å². The lowest BCUT2D eigenvalue weighted by atomic mass is 10.1. The van der Waals surface area contributed by atoms with E-state index in [1.165, 1.54) is 19.3 Å². The summed E-state index contributed by atoms with van der Waals surface area (Å²) < 4.78 is 0. The summed E-state index contributed by atoms with van der Waals surface area (Å²) in [6.07, 6.45) is 8.16.